The van der Waals surface area contributed by atoms with Gasteiger partial charge in [-0.1, -0.05) is 25.1 Å². The van der Waals surface area contributed by atoms with E-state index in [1.165, 1.54) is 7.11 Å². The predicted molar refractivity (Wildman–Crippen MR) is 102 cm³/mol. The van der Waals surface area contributed by atoms with E-state index < -0.39 is 11.9 Å². The van der Waals surface area contributed by atoms with Crippen molar-refractivity contribution in [3.05, 3.63) is 57.9 Å². The third-order valence-corrected chi connectivity index (χ3v) is 5.99. The number of Topliss-reactive ketones (excluding diaryl/α,β-unsaturated/α-hetero) is 1. The normalized spacial score (nSPS) is 24.7. The predicted octanol–water partition coefficient (Wildman–Crippen LogP) is 3.98. The van der Waals surface area contributed by atoms with Gasteiger partial charge < -0.3 is 15.4 Å². The average Bonchev–Trinajstić information content (AvgIpc) is 3.10. The number of anilines is 2. The number of carbonyl (C=O) groups is 2. The van der Waals surface area contributed by atoms with Crippen molar-refractivity contribution in [3.63, 3.8) is 0 Å². The number of benzene rings is 1. The van der Waals surface area contributed by atoms with Gasteiger partial charge in [-0.15, -0.1) is 11.3 Å². The van der Waals surface area contributed by atoms with E-state index in [1.807, 2.05) is 48.7 Å². The summed E-state index contributed by atoms with van der Waals surface area (Å²) < 4.78 is 4.91. The number of ketones is 1. The van der Waals surface area contributed by atoms with Gasteiger partial charge in [-0.3, -0.25) is 9.59 Å². The Kier molecular flexibility index (Phi) is 4.28. The molecule has 1 aromatic carbocycles. The standard InChI is InChI=1S/C20H20N2O3S/c1-11-10-14-17(19(23)16(11)20(24)25-2)18(15-8-5-9-26-15)22-13-7-4-3-6-12(13)21-14/h3-9,11,16,18,21-22H,10H2,1-2H3/t11-,16+,18+/m0/s1. The Labute approximate surface area is 156 Å². The summed E-state index contributed by atoms with van der Waals surface area (Å²) in [5.41, 5.74) is 3.40. The number of nitrogens with one attached hydrogen (secondary N) is 2. The van der Waals surface area contributed by atoms with Crippen LogP contribution in [0.1, 0.15) is 24.3 Å². The summed E-state index contributed by atoms with van der Waals surface area (Å²) in [6.07, 6.45) is 0.624. The molecule has 0 spiro atoms. The summed E-state index contributed by atoms with van der Waals surface area (Å²) in [6, 6.07) is 11.6. The molecule has 1 aliphatic carbocycles. The fourth-order valence-electron chi connectivity index (χ4n) is 3.80. The zero-order valence-corrected chi connectivity index (χ0v) is 15.4. The molecule has 6 heteroatoms. The lowest BCUT2D eigenvalue weighted by atomic mass is 9.75. The first-order chi connectivity index (χ1) is 12.6. The second-order valence-electron chi connectivity index (χ2n) is 6.70. The lowest BCUT2D eigenvalue weighted by molar-refractivity contribution is -0.151. The number of rotatable bonds is 2. The first kappa shape index (κ1) is 16.8. The molecule has 0 radical (unpaired) electrons. The number of ether oxygens (including phenoxy) is 1. The van der Waals surface area contributed by atoms with Crippen LogP contribution >= 0.6 is 11.3 Å². The van der Waals surface area contributed by atoms with Gasteiger partial charge in [0, 0.05) is 16.1 Å². The van der Waals surface area contributed by atoms with Gasteiger partial charge in [-0.05, 0) is 35.9 Å². The van der Waals surface area contributed by atoms with Crippen molar-refractivity contribution < 1.29 is 14.3 Å². The monoisotopic (exact) mass is 368 g/mol. The molecule has 5 nitrogen and oxygen atoms in total. The minimum absolute atomic E-state index is 0.115. The van der Waals surface area contributed by atoms with E-state index in [2.05, 4.69) is 10.6 Å². The van der Waals surface area contributed by atoms with Gasteiger partial charge in [0.15, 0.2) is 5.78 Å². The van der Waals surface area contributed by atoms with E-state index in [0.29, 0.717) is 12.0 Å². The highest BCUT2D eigenvalue weighted by molar-refractivity contribution is 7.10. The molecular weight excluding hydrogens is 348 g/mol. The molecule has 2 aliphatic rings. The van der Waals surface area contributed by atoms with Gasteiger partial charge in [0.05, 0.1) is 24.5 Å². The van der Waals surface area contributed by atoms with Crippen LogP contribution < -0.4 is 10.6 Å². The molecule has 26 heavy (non-hydrogen) atoms. The third kappa shape index (κ3) is 2.70. The molecule has 0 amide bonds. The van der Waals surface area contributed by atoms with Crippen molar-refractivity contribution in [2.45, 2.75) is 19.4 Å². The molecule has 3 atom stereocenters. The number of methoxy groups -OCH3 is 1. The number of carbonyl (C=O) groups excluding carboxylic acids is 2. The van der Waals surface area contributed by atoms with E-state index in [9.17, 15) is 9.59 Å². The van der Waals surface area contributed by atoms with Crippen molar-refractivity contribution in [1.29, 1.82) is 0 Å². The molecule has 2 aromatic rings. The molecule has 0 fully saturated rings. The van der Waals surface area contributed by atoms with Gasteiger partial charge in [0.25, 0.3) is 0 Å². The zero-order chi connectivity index (χ0) is 18.3. The quantitative estimate of drug-likeness (QED) is 0.620. The average molecular weight is 368 g/mol. The van der Waals surface area contributed by atoms with Gasteiger partial charge in [0.1, 0.15) is 5.92 Å². The van der Waals surface area contributed by atoms with Crippen LogP contribution in [-0.4, -0.2) is 18.9 Å². The Bertz CT molecular complexity index is 888. The van der Waals surface area contributed by atoms with E-state index in [0.717, 1.165) is 21.9 Å². The number of esters is 1. The molecule has 1 aromatic heterocycles. The van der Waals surface area contributed by atoms with Crippen LogP contribution in [0.25, 0.3) is 0 Å². The summed E-state index contributed by atoms with van der Waals surface area (Å²) in [6.45, 7) is 1.93. The lowest BCUT2D eigenvalue weighted by Crippen LogP contribution is -2.39. The number of allylic oxidation sites excluding steroid dienone is 1. The van der Waals surface area contributed by atoms with E-state index in [1.54, 1.807) is 11.3 Å². The van der Waals surface area contributed by atoms with Crippen LogP contribution in [-0.2, 0) is 14.3 Å². The van der Waals surface area contributed by atoms with Crippen LogP contribution in [0.2, 0.25) is 0 Å². The molecule has 4 rings (SSSR count). The largest absolute Gasteiger partial charge is 0.468 e. The summed E-state index contributed by atoms with van der Waals surface area (Å²) >= 11 is 1.59. The van der Waals surface area contributed by atoms with Crippen LogP contribution in [0.5, 0.6) is 0 Å². The van der Waals surface area contributed by atoms with E-state index in [-0.39, 0.29) is 17.7 Å². The first-order valence-corrected chi connectivity index (χ1v) is 9.49. The molecule has 0 saturated carbocycles. The Morgan fingerprint density at radius 1 is 1.19 bits per heavy atom. The number of thiophene rings is 1. The van der Waals surface area contributed by atoms with Gasteiger partial charge in [-0.25, -0.2) is 0 Å². The number of para-hydroxylation sites is 2. The molecule has 134 valence electrons. The summed E-state index contributed by atoms with van der Waals surface area (Å²) in [7, 11) is 1.34. The Balaban J connectivity index is 1.86. The fourth-order valence-corrected chi connectivity index (χ4v) is 4.59. The van der Waals surface area contributed by atoms with E-state index >= 15 is 0 Å². The highest BCUT2D eigenvalue weighted by atomic mass is 32.1. The summed E-state index contributed by atoms with van der Waals surface area (Å²) in [5, 5.41) is 8.94. The van der Waals surface area contributed by atoms with Gasteiger partial charge >= 0.3 is 5.97 Å². The molecule has 1 aliphatic heterocycles. The maximum absolute atomic E-state index is 13.3. The maximum Gasteiger partial charge on any atom is 0.316 e. The fraction of sp³-hybridized carbons (Fsp3) is 0.300. The SMILES string of the molecule is COC(=O)[C@H]1C(=O)C2=C(C[C@@H]1C)Nc1ccccc1N[C@@H]2c1cccs1. The molecule has 0 bridgehead atoms. The number of hydrogen-bond acceptors (Lipinski definition) is 6. The molecular formula is C20H20N2O3S. The second kappa shape index (κ2) is 6.61. The Morgan fingerprint density at radius 2 is 1.96 bits per heavy atom. The Morgan fingerprint density at radius 3 is 2.65 bits per heavy atom. The topological polar surface area (TPSA) is 67.4 Å². The van der Waals surface area contributed by atoms with Crippen molar-refractivity contribution in [1.82, 2.24) is 0 Å². The molecule has 2 N–H and O–H groups in total. The van der Waals surface area contributed by atoms with Crippen molar-refractivity contribution in [2.24, 2.45) is 11.8 Å². The van der Waals surface area contributed by atoms with Gasteiger partial charge in [0.2, 0.25) is 0 Å². The van der Waals surface area contributed by atoms with Crippen LogP contribution in [0.15, 0.2) is 53.0 Å². The van der Waals surface area contributed by atoms with E-state index in [4.69, 9.17) is 4.74 Å². The highest BCUT2D eigenvalue weighted by Crippen LogP contribution is 2.44. The van der Waals surface area contributed by atoms with Crippen molar-refractivity contribution in [3.8, 4) is 0 Å². The van der Waals surface area contributed by atoms with Crippen LogP contribution in [0.3, 0.4) is 0 Å². The van der Waals surface area contributed by atoms with Gasteiger partial charge in [-0.2, -0.15) is 0 Å². The molecule has 0 unspecified atom stereocenters. The summed E-state index contributed by atoms with van der Waals surface area (Å²) in [4.78, 5) is 26.6. The van der Waals surface area contributed by atoms with Crippen molar-refractivity contribution >= 4 is 34.5 Å². The number of fused-ring (bicyclic) bond motifs is 1. The highest BCUT2D eigenvalue weighted by Gasteiger charge is 2.44. The first-order valence-electron chi connectivity index (χ1n) is 8.61. The third-order valence-electron chi connectivity index (χ3n) is 5.05. The minimum atomic E-state index is -0.758. The Hall–Kier alpha value is -2.60. The van der Waals surface area contributed by atoms with Crippen molar-refractivity contribution in [2.75, 3.05) is 17.7 Å². The minimum Gasteiger partial charge on any atom is -0.468 e. The second-order valence-corrected chi connectivity index (χ2v) is 7.68. The molecule has 2 heterocycles. The smallest absolute Gasteiger partial charge is 0.316 e. The van der Waals surface area contributed by atoms with Crippen LogP contribution in [0, 0.1) is 11.8 Å². The zero-order valence-electron chi connectivity index (χ0n) is 14.6. The number of hydrogen-bond donors (Lipinski definition) is 2. The maximum atomic E-state index is 13.3. The molecule has 0 saturated heterocycles. The van der Waals surface area contributed by atoms with Crippen LogP contribution in [0.4, 0.5) is 11.4 Å². The summed E-state index contributed by atoms with van der Waals surface area (Å²) in [5.74, 6) is -1.49. The lowest BCUT2D eigenvalue weighted by Gasteiger charge is -2.32.